The van der Waals surface area contributed by atoms with E-state index in [1.165, 1.54) is 28.0 Å². The first-order chi connectivity index (χ1) is 13.5. The Labute approximate surface area is 165 Å². The normalized spacial score (nSPS) is 20.9. The Morgan fingerprint density at radius 2 is 2.00 bits per heavy atom. The summed E-state index contributed by atoms with van der Waals surface area (Å²) in [5.41, 5.74) is 0.792. The maximum absolute atomic E-state index is 14.0. The molecule has 0 radical (unpaired) electrons. The van der Waals surface area contributed by atoms with E-state index >= 15 is 0 Å². The Balaban J connectivity index is 1.53. The minimum atomic E-state index is -0.492. The van der Waals surface area contributed by atoms with Crippen molar-refractivity contribution >= 4 is 16.3 Å². The molecule has 0 bridgehead atoms. The number of aromatic nitrogens is 3. The van der Waals surface area contributed by atoms with Gasteiger partial charge in [0.05, 0.1) is 24.1 Å². The molecule has 1 unspecified atom stereocenters. The molecule has 2 fully saturated rings. The van der Waals surface area contributed by atoms with Crippen molar-refractivity contribution in [3.8, 4) is 5.88 Å². The van der Waals surface area contributed by atoms with Crippen LogP contribution in [-0.2, 0) is 9.47 Å². The average molecular weight is 404 g/mol. The molecule has 0 aliphatic carbocycles. The van der Waals surface area contributed by atoms with Crippen LogP contribution < -0.4 is 0 Å². The Hall–Kier alpha value is -2.07. The number of hydrogen-bond acceptors (Lipinski definition) is 7. The molecule has 1 aromatic carbocycles. The third-order valence-corrected chi connectivity index (χ3v) is 6.53. The van der Waals surface area contributed by atoms with Gasteiger partial charge >= 0.3 is 0 Å². The van der Waals surface area contributed by atoms with Crippen molar-refractivity contribution in [2.75, 3.05) is 26.3 Å². The molecular weight excluding hydrogens is 383 g/mol. The summed E-state index contributed by atoms with van der Waals surface area (Å²) in [5.74, 6) is -0.129. The van der Waals surface area contributed by atoms with Gasteiger partial charge in [-0.2, -0.15) is 4.52 Å². The Morgan fingerprint density at radius 3 is 2.68 bits per heavy atom. The minimum absolute atomic E-state index is 0.0588. The summed E-state index contributed by atoms with van der Waals surface area (Å²) in [6.45, 7) is 4.47. The van der Waals surface area contributed by atoms with E-state index in [4.69, 9.17) is 9.47 Å². The smallest absolute Gasteiger partial charge is 0.230 e. The van der Waals surface area contributed by atoms with Crippen molar-refractivity contribution in [1.29, 1.82) is 0 Å². The van der Waals surface area contributed by atoms with Gasteiger partial charge in [0.1, 0.15) is 11.6 Å². The second-order valence-corrected chi connectivity index (χ2v) is 8.25. The monoisotopic (exact) mass is 404 g/mol. The van der Waals surface area contributed by atoms with Crippen LogP contribution in [0.15, 0.2) is 24.3 Å². The van der Waals surface area contributed by atoms with E-state index in [1.807, 2.05) is 6.07 Å². The molecule has 1 atom stereocenters. The molecule has 7 nitrogen and oxygen atoms in total. The van der Waals surface area contributed by atoms with E-state index in [9.17, 15) is 9.50 Å². The summed E-state index contributed by atoms with van der Waals surface area (Å²) >= 11 is 1.38. The van der Waals surface area contributed by atoms with Gasteiger partial charge in [0.15, 0.2) is 5.79 Å². The molecule has 2 aliphatic rings. The molecule has 148 valence electrons. The van der Waals surface area contributed by atoms with Crippen LogP contribution in [0.25, 0.3) is 4.96 Å². The SMILES string of the molecule is Cc1nc2sc(C(c3cccc(F)c3)N3CCC4(CC3)OCCO4)c(O)n2n1. The third-order valence-electron chi connectivity index (χ3n) is 5.46. The predicted molar refractivity (Wildman–Crippen MR) is 101 cm³/mol. The summed E-state index contributed by atoms with van der Waals surface area (Å²) in [7, 11) is 0. The highest BCUT2D eigenvalue weighted by Crippen LogP contribution is 2.42. The molecule has 0 saturated carbocycles. The number of aromatic hydroxyl groups is 1. The number of fused-ring (bicyclic) bond motifs is 1. The predicted octanol–water partition coefficient (Wildman–Crippen LogP) is 2.87. The van der Waals surface area contributed by atoms with Crippen molar-refractivity contribution in [3.05, 3.63) is 46.3 Å². The first kappa shape index (κ1) is 18.0. The molecule has 28 heavy (non-hydrogen) atoms. The highest BCUT2D eigenvalue weighted by atomic mass is 32.1. The number of rotatable bonds is 3. The lowest BCUT2D eigenvalue weighted by Gasteiger charge is -2.41. The van der Waals surface area contributed by atoms with Gasteiger partial charge in [0, 0.05) is 25.9 Å². The van der Waals surface area contributed by atoms with Gasteiger partial charge in [-0.1, -0.05) is 23.5 Å². The summed E-state index contributed by atoms with van der Waals surface area (Å²) in [6.07, 6.45) is 1.47. The summed E-state index contributed by atoms with van der Waals surface area (Å²) in [4.78, 5) is 7.95. The van der Waals surface area contributed by atoms with E-state index in [-0.39, 0.29) is 17.7 Å². The Kier molecular flexibility index (Phi) is 4.35. The first-order valence-electron chi connectivity index (χ1n) is 9.37. The van der Waals surface area contributed by atoms with E-state index < -0.39 is 5.79 Å². The van der Waals surface area contributed by atoms with Gasteiger partial charge in [-0.3, -0.25) is 4.90 Å². The largest absolute Gasteiger partial charge is 0.492 e. The van der Waals surface area contributed by atoms with Gasteiger partial charge in [0.25, 0.3) is 0 Å². The van der Waals surface area contributed by atoms with Crippen molar-refractivity contribution in [3.63, 3.8) is 0 Å². The minimum Gasteiger partial charge on any atom is -0.492 e. The van der Waals surface area contributed by atoms with Gasteiger partial charge in [0.2, 0.25) is 10.8 Å². The number of benzene rings is 1. The van der Waals surface area contributed by atoms with Gasteiger partial charge in [-0.05, 0) is 24.6 Å². The number of ether oxygens (including phenoxy) is 2. The molecule has 0 amide bonds. The Morgan fingerprint density at radius 1 is 1.25 bits per heavy atom. The van der Waals surface area contributed by atoms with Crippen LogP contribution in [0.2, 0.25) is 0 Å². The fourth-order valence-corrected chi connectivity index (χ4v) is 5.30. The zero-order valence-corrected chi connectivity index (χ0v) is 16.3. The van der Waals surface area contributed by atoms with E-state index in [1.54, 1.807) is 13.0 Å². The lowest BCUT2D eigenvalue weighted by molar-refractivity contribution is -0.187. The molecule has 1 N–H and O–H groups in total. The Bertz CT molecular complexity index is 1000. The fraction of sp³-hybridized carbons (Fsp3) is 0.474. The van der Waals surface area contributed by atoms with E-state index in [0.29, 0.717) is 42.0 Å². The summed E-state index contributed by atoms with van der Waals surface area (Å²) in [5, 5.41) is 15.1. The highest BCUT2D eigenvalue weighted by Gasteiger charge is 2.42. The van der Waals surface area contributed by atoms with Gasteiger partial charge in [-0.25, -0.2) is 9.37 Å². The molecule has 1 spiro atoms. The highest BCUT2D eigenvalue weighted by molar-refractivity contribution is 7.17. The van der Waals surface area contributed by atoms with Crippen LogP contribution in [0, 0.1) is 12.7 Å². The maximum atomic E-state index is 14.0. The quantitative estimate of drug-likeness (QED) is 0.724. The second kappa shape index (κ2) is 6.77. The standard InChI is InChI=1S/C19H21FN4O3S/c1-12-21-18-24(22-12)17(25)16(28-18)15(13-3-2-4-14(20)11-13)23-7-5-19(6-8-23)26-9-10-27-19/h2-4,11,15,25H,5-10H2,1H3. The van der Waals surface area contributed by atoms with Crippen LogP contribution in [0.4, 0.5) is 4.39 Å². The molecule has 2 saturated heterocycles. The van der Waals surface area contributed by atoms with E-state index in [0.717, 1.165) is 18.4 Å². The molecule has 2 aliphatic heterocycles. The van der Waals surface area contributed by atoms with Crippen LogP contribution in [0.3, 0.4) is 0 Å². The number of hydrogen-bond donors (Lipinski definition) is 1. The summed E-state index contributed by atoms with van der Waals surface area (Å²) in [6, 6.07) is 6.25. The maximum Gasteiger partial charge on any atom is 0.230 e. The van der Waals surface area contributed by atoms with Crippen LogP contribution in [-0.4, -0.2) is 56.7 Å². The molecule has 3 aromatic rings. The van der Waals surface area contributed by atoms with Crippen molar-refractivity contribution < 1.29 is 19.0 Å². The zero-order chi connectivity index (χ0) is 19.3. The third kappa shape index (κ3) is 2.98. The number of halogens is 1. The lowest BCUT2D eigenvalue weighted by Crippen LogP contribution is -2.46. The molecule has 4 heterocycles. The lowest BCUT2D eigenvalue weighted by atomic mass is 9.97. The molecule has 5 rings (SSSR count). The average Bonchev–Trinajstić information content (AvgIpc) is 3.35. The zero-order valence-electron chi connectivity index (χ0n) is 15.5. The summed E-state index contributed by atoms with van der Waals surface area (Å²) < 4.78 is 27.1. The second-order valence-electron chi connectivity index (χ2n) is 7.24. The van der Waals surface area contributed by atoms with Gasteiger partial charge in [-0.15, -0.1) is 5.10 Å². The van der Waals surface area contributed by atoms with Crippen molar-refractivity contribution in [1.82, 2.24) is 19.5 Å². The van der Waals surface area contributed by atoms with Gasteiger partial charge < -0.3 is 14.6 Å². The number of nitrogens with zero attached hydrogens (tertiary/aromatic N) is 4. The van der Waals surface area contributed by atoms with Crippen molar-refractivity contribution in [2.45, 2.75) is 31.6 Å². The van der Waals surface area contributed by atoms with Crippen LogP contribution in [0.5, 0.6) is 5.88 Å². The first-order valence-corrected chi connectivity index (χ1v) is 10.2. The topological polar surface area (TPSA) is 72.1 Å². The number of thiazole rings is 1. The number of piperidine rings is 1. The number of likely N-dealkylation sites (tertiary alicyclic amines) is 1. The van der Waals surface area contributed by atoms with Crippen molar-refractivity contribution in [2.24, 2.45) is 0 Å². The fourth-order valence-electron chi connectivity index (χ4n) is 4.14. The molecular formula is C19H21FN4O3S. The molecule has 2 aromatic heterocycles. The van der Waals surface area contributed by atoms with Crippen LogP contribution >= 0.6 is 11.3 Å². The molecule has 9 heteroatoms. The number of aryl methyl sites for hydroxylation is 1. The van der Waals surface area contributed by atoms with E-state index in [2.05, 4.69) is 15.0 Å². The van der Waals surface area contributed by atoms with Crippen LogP contribution in [0.1, 0.15) is 35.1 Å².